The monoisotopic (exact) mass is 491 g/mol. The van der Waals surface area contributed by atoms with Crippen molar-refractivity contribution < 1.29 is 4.79 Å². The predicted octanol–water partition coefficient (Wildman–Crippen LogP) is 6.17. The highest BCUT2D eigenvalue weighted by Crippen LogP contribution is 2.31. The second kappa shape index (κ2) is 11.0. The van der Waals surface area contributed by atoms with Gasteiger partial charge in [-0.2, -0.15) is 0 Å². The summed E-state index contributed by atoms with van der Waals surface area (Å²) in [7, 11) is 0. The molecule has 7 heteroatoms. The van der Waals surface area contributed by atoms with Gasteiger partial charge in [-0.3, -0.25) is 14.3 Å². The standard InChI is InChI=1S/C29H25N5OS/c1-21(28(35)31-26-17-9-8-16-25(26)23-13-6-3-7-14-23)36-29-33-32-27(24-15-10-18-30-19-24)34(29)20-22-11-4-2-5-12-22/h2-19,21H,20H2,1H3,(H,31,35). The lowest BCUT2D eigenvalue weighted by Crippen LogP contribution is -2.23. The lowest BCUT2D eigenvalue weighted by atomic mass is 10.0. The number of carbonyl (C=O) groups excluding carboxylic acids is 1. The summed E-state index contributed by atoms with van der Waals surface area (Å²) in [5.74, 6) is 0.622. The van der Waals surface area contributed by atoms with E-state index in [1.54, 1.807) is 12.4 Å². The molecule has 0 radical (unpaired) electrons. The Hall–Kier alpha value is -4.23. The second-order valence-corrected chi connectivity index (χ2v) is 9.59. The van der Waals surface area contributed by atoms with Crippen molar-refractivity contribution in [3.63, 3.8) is 0 Å². The van der Waals surface area contributed by atoms with Crippen LogP contribution in [0.3, 0.4) is 0 Å². The summed E-state index contributed by atoms with van der Waals surface area (Å²) in [6.45, 7) is 2.47. The molecule has 178 valence electrons. The fourth-order valence-corrected chi connectivity index (χ4v) is 4.75. The van der Waals surface area contributed by atoms with Crippen LogP contribution in [0.4, 0.5) is 5.69 Å². The van der Waals surface area contributed by atoms with Crippen molar-refractivity contribution in [3.05, 3.63) is 115 Å². The molecule has 0 saturated carbocycles. The third kappa shape index (κ3) is 5.37. The third-order valence-electron chi connectivity index (χ3n) is 5.74. The van der Waals surface area contributed by atoms with Crippen molar-refractivity contribution >= 4 is 23.4 Å². The van der Waals surface area contributed by atoms with Crippen molar-refractivity contribution in [3.8, 4) is 22.5 Å². The van der Waals surface area contributed by atoms with Crippen LogP contribution >= 0.6 is 11.8 Å². The van der Waals surface area contributed by atoms with Crippen molar-refractivity contribution in [1.29, 1.82) is 0 Å². The number of hydrogen-bond acceptors (Lipinski definition) is 5. The number of nitrogens with zero attached hydrogens (tertiary/aromatic N) is 4. The molecule has 0 bridgehead atoms. The zero-order chi connectivity index (χ0) is 24.7. The summed E-state index contributed by atoms with van der Waals surface area (Å²) in [5, 5.41) is 12.3. The topological polar surface area (TPSA) is 72.7 Å². The van der Waals surface area contributed by atoms with Crippen LogP contribution in [0, 0.1) is 0 Å². The third-order valence-corrected chi connectivity index (χ3v) is 6.82. The number of thioether (sulfide) groups is 1. The molecule has 0 aliphatic heterocycles. The molecule has 6 nitrogen and oxygen atoms in total. The molecule has 2 aromatic heterocycles. The number of carbonyl (C=O) groups is 1. The van der Waals surface area contributed by atoms with Crippen LogP contribution < -0.4 is 5.32 Å². The number of pyridine rings is 1. The lowest BCUT2D eigenvalue weighted by molar-refractivity contribution is -0.115. The molecule has 0 saturated heterocycles. The van der Waals surface area contributed by atoms with E-state index in [0.29, 0.717) is 11.7 Å². The summed E-state index contributed by atoms with van der Waals surface area (Å²) >= 11 is 1.39. The molecule has 5 rings (SSSR count). The number of hydrogen-bond donors (Lipinski definition) is 1. The first-order chi connectivity index (χ1) is 17.7. The number of amides is 1. The van der Waals surface area contributed by atoms with E-state index in [1.165, 1.54) is 11.8 Å². The average Bonchev–Trinajstić information content (AvgIpc) is 3.32. The first-order valence-corrected chi connectivity index (χ1v) is 12.6. The van der Waals surface area contributed by atoms with Crippen LogP contribution in [-0.4, -0.2) is 30.9 Å². The molecule has 1 unspecified atom stereocenters. The molecule has 0 aliphatic carbocycles. The molecule has 0 fully saturated rings. The minimum atomic E-state index is -0.394. The molecule has 0 aliphatic rings. The van der Waals surface area contributed by atoms with Crippen LogP contribution in [0.25, 0.3) is 22.5 Å². The van der Waals surface area contributed by atoms with Crippen LogP contribution in [0.5, 0.6) is 0 Å². The molecule has 1 amide bonds. The fraction of sp³-hybridized carbons (Fsp3) is 0.103. The Morgan fingerprint density at radius 2 is 1.56 bits per heavy atom. The molecule has 0 spiro atoms. The summed E-state index contributed by atoms with van der Waals surface area (Å²) in [6.07, 6.45) is 3.51. The number of para-hydroxylation sites is 1. The Balaban J connectivity index is 1.39. The predicted molar refractivity (Wildman–Crippen MR) is 145 cm³/mol. The maximum absolute atomic E-state index is 13.2. The van der Waals surface area contributed by atoms with E-state index >= 15 is 0 Å². The molecule has 1 atom stereocenters. The minimum Gasteiger partial charge on any atom is -0.325 e. The molecule has 3 aromatic carbocycles. The first-order valence-electron chi connectivity index (χ1n) is 11.7. The number of rotatable bonds is 8. The summed E-state index contributed by atoms with van der Waals surface area (Å²) in [5.41, 5.74) is 4.81. The summed E-state index contributed by atoms with van der Waals surface area (Å²) in [4.78, 5) is 17.5. The number of nitrogens with one attached hydrogen (secondary N) is 1. The zero-order valence-corrected chi connectivity index (χ0v) is 20.6. The number of benzene rings is 3. The van der Waals surface area contributed by atoms with Gasteiger partial charge in [-0.05, 0) is 36.2 Å². The van der Waals surface area contributed by atoms with Crippen molar-refractivity contribution in [2.24, 2.45) is 0 Å². The molecular formula is C29H25N5OS. The molecule has 36 heavy (non-hydrogen) atoms. The van der Waals surface area contributed by atoms with Crippen molar-refractivity contribution in [1.82, 2.24) is 19.7 Å². The zero-order valence-electron chi connectivity index (χ0n) is 19.8. The normalized spacial score (nSPS) is 11.7. The second-order valence-electron chi connectivity index (χ2n) is 8.28. The van der Waals surface area contributed by atoms with E-state index in [4.69, 9.17) is 0 Å². The molecule has 1 N–H and O–H groups in total. The maximum atomic E-state index is 13.2. The van der Waals surface area contributed by atoms with Crippen LogP contribution in [0.1, 0.15) is 12.5 Å². The first kappa shape index (κ1) is 23.5. The molecular weight excluding hydrogens is 466 g/mol. The van der Waals surface area contributed by atoms with Gasteiger partial charge in [-0.1, -0.05) is 90.6 Å². The quantitative estimate of drug-likeness (QED) is 0.263. The van der Waals surface area contributed by atoms with E-state index < -0.39 is 5.25 Å². The average molecular weight is 492 g/mol. The summed E-state index contributed by atoms with van der Waals surface area (Å²) < 4.78 is 2.04. The number of anilines is 1. The van der Waals surface area contributed by atoms with E-state index in [-0.39, 0.29) is 5.91 Å². The highest BCUT2D eigenvalue weighted by Gasteiger charge is 2.22. The van der Waals surface area contributed by atoms with Crippen LogP contribution in [0.2, 0.25) is 0 Å². The highest BCUT2D eigenvalue weighted by molar-refractivity contribution is 8.00. The lowest BCUT2D eigenvalue weighted by Gasteiger charge is -2.16. The van der Waals surface area contributed by atoms with Gasteiger partial charge in [0.1, 0.15) is 0 Å². The smallest absolute Gasteiger partial charge is 0.237 e. The molecule has 2 heterocycles. The highest BCUT2D eigenvalue weighted by atomic mass is 32.2. The van der Waals surface area contributed by atoms with Gasteiger partial charge < -0.3 is 5.32 Å². The van der Waals surface area contributed by atoms with Crippen LogP contribution in [-0.2, 0) is 11.3 Å². The van der Waals surface area contributed by atoms with Crippen molar-refractivity contribution in [2.45, 2.75) is 23.9 Å². The van der Waals surface area contributed by atoms with Gasteiger partial charge in [0.2, 0.25) is 5.91 Å². The summed E-state index contributed by atoms with van der Waals surface area (Å²) in [6, 6.07) is 31.9. The Kier molecular flexibility index (Phi) is 7.19. The van der Waals surface area contributed by atoms with E-state index in [2.05, 4.69) is 32.6 Å². The van der Waals surface area contributed by atoms with Gasteiger partial charge in [0.05, 0.1) is 11.8 Å². The SMILES string of the molecule is CC(Sc1nnc(-c2cccnc2)n1Cc1ccccc1)C(=O)Nc1ccccc1-c1ccccc1. The van der Waals surface area contributed by atoms with Crippen LogP contribution in [0.15, 0.2) is 115 Å². The Morgan fingerprint density at radius 3 is 2.31 bits per heavy atom. The van der Waals surface area contributed by atoms with E-state index in [0.717, 1.165) is 33.8 Å². The molecule has 5 aromatic rings. The van der Waals surface area contributed by atoms with Crippen molar-refractivity contribution in [2.75, 3.05) is 5.32 Å². The minimum absolute atomic E-state index is 0.0967. The fourth-order valence-electron chi connectivity index (χ4n) is 3.90. The van der Waals surface area contributed by atoms with E-state index in [9.17, 15) is 4.79 Å². The van der Waals surface area contributed by atoms with Gasteiger partial charge in [0.25, 0.3) is 0 Å². The largest absolute Gasteiger partial charge is 0.325 e. The van der Waals surface area contributed by atoms with Gasteiger partial charge in [0, 0.05) is 29.2 Å². The van der Waals surface area contributed by atoms with Gasteiger partial charge in [-0.15, -0.1) is 10.2 Å². The maximum Gasteiger partial charge on any atom is 0.237 e. The van der Waals surface area contributed by atoms with Gasteiger partial charge in [0.15, 0.2) is 11.0 Å². The number of aromatic nitrogens is 4. The Labute approximate surface area is 214 Å². The van der Waals surface area contributed by atoms with Gasteiger partial charge >= 0.3 is 0 Å². The Morgan fingerprint density at radius 1 is 0.861 bits per heavy atom. The Bertz CT molecular complexity index is 1440. The van der Waals surface area contributed by atoms with E-state index in [1.807, 2.05) is 96.4 Å². The van der Waals surface area contributed by atoms with Gasteiger partial charge in [-0.25, -0.2) is 0 Å².